The van der Waals surface area contributed by atoms with Crippen molar-refractivity contribution in [3.8, 4) is 0 Å². The number of aliphatic hydroxyl groups is 1. The number of carboxylic acids is 1. The number of alkyl halides is 3. The summed E-state index contributed by atoms with van der Waals surface area (Å²) in [5.74, 6) is -2.76. The number of carbonyl (C=O) groups is 1. The summed E-state index contributed by atoms with van der Waals surface area (Å²) in [4.78, 5) is 8.90. The molecule has 3 rings (SSSR count). The van der Waals surface area contributed by atoms with Crippen molar-refractivity contribution in [2.45, 2.75) is 37.1 Å². The molecule has 1 atom stereocenters. The molecule has 0 amide bonds. The molecule has 0 radical (unpaired) electrons. The van der Waals surface area contributed by atoms with Gasteiger partial charge in [0.2, 0.25) is 0 Å². The maximum Gasteiger partial charge on any atom is 0.490 e. The Balaban J connectivity index is 0.000000321. The lowest BCUT2D eigenvalue weighted by Crippen LogP contribution is -2.51. The van der Waals surface area contributed by atoms with Gasteiger partial charge in [0.25, 0.3) is 0 Å². The highest BCUT2D eigenvalue weighted by atomic mass is 19.4. The van der Waals surface area contributed by atoms with Crippen LogP contribution in [-0.2, 0) is 10.4 Å². The molecule has 0 saturated carbocycles. The van der Waals surface area contributed by atoms with Crippen LogP contribution in [0.3, 0.4) is 0 Å². The molecule has 4 nitrogen and oxygen atoms in total. The lowest BCUT2D eigenvalue weighted by Gasteiger charge is -2.40. The molecule has 0 unspecified atom stereocenters. The van der Waals surface area contributed by atoms with Gasteiger partial charge in [-0.05, 0) is 30.5 Å². The predicted molar refractivity (Wildman–Crippen MR) is 95.2 cm³/mol. The summed E-state index contributed by atoms with van der Waals surface area (Å²) >= 11 is 0. The zero-order valence-corrected chi connectivity index (χ0v) is 14.6. The summed E-state index contributed by atoms with van der Waals surface area (Å²) < 4.78 is 31.7. The second kappa shape index (κ2) is 9.01. The van der Waals surface area contributed by atoms with Gasteiger partial charge in [0.05, 0.1) is 0 Å². The van der Waals surface area contributed by atoms with Gasteiger partial charge in [0, 0.05) is 6.04 Å². The minimum absolute atomic E-state index is 0.0704. The molecule has 3 N–H and O–H groups in total. The largest absolute Gasteiger partial charge is 0.490 e. The van der Waals surface area contributed by atoms with Crippen LogP contribution in [0.4, 0.5) is 13.2 Å². The Morgan fingerprint density at radius 1 is 0.926 bits per heavy atom. The first kappa shape index (κ1) is 20.9. The predicted octanol–water partition coefficient (Wildman–Crippen LogP) is 3.70. The number of nitrogens with one attached hydrogen (secondary N) is 1. The van der Waals surface area contributed by atoms with Crippen molar-refractivity contribution in [2.75, 3.05) is 6.54 Å². The Morgan fingerprint density at radius 2 is 1.37 bits per heavy atom. The summed E-state index contributed by atoms with van der Waals surface area (Å²) in [5, 5.41) is 22.1. The van der Waals surface area contributed by atoms with Gasteiger partial charge >= 0.3 is 12.1 Å². The van der Waals surface area contributed by atoms with E-state index in [-0.39, 0.29) is 6.04 Å². The van der Waals surface area contributed by atoms with E-state index < -0.39 is 17.7 Å². The number of aliphatic carboxylic acids is 1. The zero-order valence-electron chi connectivity index (χ0n) is 14.6. The lowest BCUT2D eigenvalue weighted by molar-refractivity contribution is -0.192. The van der Waals surface area contributed by atoms with Crippen molar-refractivity contribution in [1.82, 2.24) is 5.32 Å². The monoisotopic (exact) mass is 381 g/mol. The van der Waals surface area contributed by atoms with E-state index in [1.165, 1.54) is 12.8 Å². The zero-order chi connectivity index (χ0) is 19.9. The summed E-state index contributed by atoms with van der Waals surface area (Å²) in [6, 6.07) is 20.1. The number of rotatable bonds is 3. The van der Waals surface area contributed by atoms with Crippen LogP contribution in [0.5, 0.6) is 0 Å². The lowest BCUT2D eigenvalue weighted by atomic mass is 9.77. The maximum absolute atomic E-state index is 11.5. The minimum Gasteiger partial charge on any atom is -0.475 e. The number of halogens is 3. The molecule has 0 aliphatic carbocycles. The molecule has 1 fully saturated rings. The average molecular weight is 381 g/mol. The van der Waals surface area contributed by atoms with Crippen LogP contribution < -0.4 is 5.32 Å². The molecule has 27 heavy (non-hydrogen) atoms. The molecule has 1 saturated heterocycles. The van der Waals surface area contributed by atoms with Crippen molar-refractivity contribution in [3.05, 3.63) is 71.8 Å². The van der Waals surface area contributed by atoms with Crippen LogP contribution in [0, 0.1) is 0 Å². The van der Waals surface area contributed by atoms with Crippen LogP contribution in [0.2, 0.25) is 0 Å². The van der Waals surface area contributed by atoms with Gasteiger partial charge in [0.1, 0.15) is 5.60 Å². The molecule has 146 valence electrons. The van der Waals surface area contributed by atoms with Gasteiger partial charge in [-0.1, -0.05) is 67.1 Å². The highest BCUT2D eigenvalue weighted by Gasteiger charge is 2.40. The summed E-state index contributed by atoms with van der Waals surface area (Å²) in [6.45, 7) is 0.979. The molecule has 2 aromatic rings. The molecule has 1 heterocycles. The van der Waals surface area contributed by atoms with Crippen molar-refractivity contribution in [1.29, 1.82) is 0 Å². The Hall–Kier alpha value is -2.38. The minimum atomic E-state index is -5.08. The third-order valence-corrected chi connectivity index (χ3v) is 4.48. The van der Waals surface area contributed by atoms with Gasteiger partial charge in [-0.3, -0.25) is 0 Å². The highest BCUT2D eigenvalue weighted by molar-refractivity contribution is 5.73. The molecule has 0 bridgehead atoms. The van der Waals surface area contributed by atoms with Crippen LogP contribution in [-0.4, -0.2) is 34.9 Å². The first-order chi connectivity index (χ1) is 12.8. The van der Waals surface area contributed by atoms with E-state index in [2.05, 4.69) is 5.32 Å². The Morgan fingerprint density at radius 3 is 1.70 bits per heavy atom. The van der Waals surface area contributed by atoms with E-state index in [9.17, 15) is 18.3 Å². The molecular formula is C20H22F3NO3. The Labute approximate surface area is 155 Å². The van der Waals surface area contributed by atoms with Gasteiger partial charge in [-0.2, -0.15) is 13.2 Å². The van der Waals surface area contributed by atoms with Crippen LogP contribution in [0.15, 0.2) is 60.7 Å². The van der Waals surface area contributed by atoms with E-state index in [1.54, 1.807) is 0 Å². The number of hydrogen-bond acceptors (Lipinski definition) is 3. The van der Waals surface area contributed by atoms with E-state index in [0.717, 1.165) is 24.1 Å². The van der Waals surface area contributed by atoms with Crippen molar-refractivity contribution < 1.29 is 28.2 Å². The van der Waals surface area contributed by atoms with Gasteiger partial charge in [0.15, 0.2) is 0 Å². The summed E-state index contributed by atoms with van der Waals surface area (Å²) in [5.41, 5.74) is 0.972. The molecule has 2 aromatic carbocycles. The SMILES string of the molecule is O=C(O)C(F)(F)F.OC(c1ccccc1)(c1ccccc1)[C@H]1CCCCN1. The van der Waals surface area contributed by atoms with Crippen molar-refractivity contribution in [2.24, 2.45) is 0 Å². The summed E-state index contributed by atoms with van der Waals surface area (Å²) in [7, 11) is 0. The molecule has 1 aliphatic heterocycles. The Kier molecular flexibility index (Phi) is 6.98. The molecule has 7 heteroatoms. The van der Waals surface area contributed by atoms with Crippen LogP contribution >= 0.6 is 0 Å². The maximum atomic E-state index is 11.5. The first-order valence-corrected chi connectivity index (χ1v) is 8.63. The average Bonchev–Trinajstić information content (AvgIpc) is 2.69. The number of carboxylic acid groups (broad SMARTS) is 1. The van der Waals surface area contributed by atoms with Crippen molar-refractivity contribution in [3.63, 3.8) is 0 Å². The Bertz CT molecular complexity index is 675. The molecular weight excluding hydrogens is 359 g/mol. The first-order valence-electron chi connectivity index (χ1n) is 8.63. The number of piperidine rings is 1. The van der Waals surface area contributed by atoms with E-state index in [4.69, 9.17) is 9.90 Å². The van der Waals surface area contributed by atoms with E-state index in [1.807, 2.05) is 60.7 Å². The molecule has 0 spiro atoms. The topological polar surface area (TPSA) is 69.6 Å². The smallest absolute Gasteiger partial charge is 0.475 e. The van der Waals surface area contributed by atoms with Crippen LogP contribution in [0.1, 0.15) is 30.4 Å². The fourth-order valence-electron chi connectivity index (χ4n) is 3.16. The van der Waals surface area contributed by atoms with Crippen LogP contribution in [0.25, 0.3) is 0 Å². The van der Waals surface area contributed by atoms with E-state index in [0.29, 0.717) is 0 Å². The van der Waals surface area contributed by atoms with Gasteiger partial charge in [-0.25, -0.2) is 4.79 Å². The van der Waals surface area contributed by atoms with Gasteiger partial charge < -0.3 is 15.5 Å². The standard InChI is InChI=1S/C18H21NO.C2HF3O2/c20-18(15-9-3-1-4-10-15,16-11-5-2-6-12-16)17-13-7-8-14-19-17;3-2(4,5)1(6)7/h1-6,9-12,17,19-20H,7-8,13-14H2;(H,6,7)/t17-;/m1./s1. The second-order valence-electron chi connectivity index (χ2n) is 6.30. The third-order valence-electron chi connectivity index (χ3n) is 4.48. The van der Waals surface area contributed by atoms with E-state index >= 15 is 0 Å². The second-order valence-corrected chi connectivity index (χ2v) is 6.30. The fraction of sp³-hybridized carbons (Fsp3) is 0.350. The number of benzene rings is 2. The molecule has 1 aliphatic rings. The molecule has 0 aromatic heterocycles. The van der Waals surface area contributed by atoms with Crippen molar-refractivity contribution >= 4 is 5.97 Å². The normalized spacial score (nSPS) is 17.6. The third kappa shape index (κ3) is 5.30. The quantitative estimate of drug-likeness (QED) is 0.758. The summed E-state index contributed by atoms with van der Waals surface area (Å²) in [6.07, 6.45) is -1.73. The fourth-order valence-corrected chi connectivity index (χ4v) is 3.16. The van der Waals surface area contributed by atoms with Gasteiger partial charge in [-0.15, -0.1) is 0 Å². The number of hydrogen-bond donors (Lipinski definition) is 3. The highest BCUT2D eigenvalue weighted by Crippen LogP contribution is 2.36.